The number of piperidine rings is 1. The Kier molecular flexibility index (Phi) is 5.35. The topological polar surface area (TPSA) is 101 Å². The van der Waals surface area contributed by atoms with Crippen molar-refractivity contribution in [3.63, 3.8) is 0 Å². The van der Waals surface area contributed by atoms with Gasteiger partial charge >= 0.3 is 0 Å². The summed E-state index contributed by atoms with van der Waals surface area (Å²) in [4.78, 5) is 53.9. The van der Waals surface area contributed by atoms with E-state index in [1.54, 1.807) is 29.2 Å². The van der Waals surface area contributed by atoms with Crippen molar-refractivity contribution in [1.29, 1.82) is 0 Å². The van der Waals surface area contributed by atoms with E-state index in [0.29, 0.717) is 30.5 Å². The quantitative estimate of drug-likeness (QED) is 0.764. The maximum absolute atomic E-state index is 13.5. The number of carbonyl (C=O) groups is 4. The number of nitrogens with two attached hydrogens (primary N) is 1. The normalized spacial score (nSPS) is 19.5. The van der Waals surface area contributed by atoms with Crippen LogP contribution < -0.4 is 5.73 Å². The van der Waals surface area contributed by atoms with Crippen LogP contribution in [-0.2, 0) is 16.0 Å². The molecule has 0 aromatic heterocycles. The predicted molar refractivity (Wildman–Crippen MR) is 109 cm³/mol. The molecule has 1 saturated heterocycles. The van der Waals surface area contributed by atoms with Gasteiger partial charge in [-0.15, -0.1) is 0 Å². The predicted octanol–water partition coefficient (Wildman–Crippen LogP) is 1.62. The third kappa shape index (κ3) is 3.58. The number of nitrogens with zero attached hydrogens (tertiary/aromatic N) is 2. The number of benzene rings is 2. The monoisotopic (exact) mass is 405 g/mol. The zero-order valence-corrected chi connectivity index (χ0v) is 16.5. The minimum atomic E-state index is -0.980. The first-order valence-corrected chi connectivity index (χ1v) is 10.1. The van der Waals surface area contributed by atoms with Gasteiger partial charge < -0.3 is 10.6 Å². The van der Waals surface area contributed by atoms with E-state index in [0.717, 1.165) is 10.5 Å². The molecule has 0 aliphatic carbocycles. The molecule has 0 bridgehead atoms. The third-order valence-corrected chi connectivity index (χ3v) is 5.83. The molecule has 2 aliphatic heterocycles. The minimum absolute atomic E-state index is 0.211. The average molecular weight is 405 g/mol. The van der Waals surface area contributed by atoms with Crippen LogP contribution in [0, 0.1) is 5.92 Å². The molecule has 0 saturated carbocycles. The van der Waals surface area contributed by atoms with Crippen molar-refractivity contribution in [3.05, 3.63) is 71.3 Å². The smallest absolute Gasteiger partial charge is 0.262 e. The molecule has 0 spiro atoms. The molecule has 4 amide bonds. The maximum Gasteiger partial charge on any atom is 0.262 e. The summed E-state index contributed by atoms with van der Waals surface area (Å²) in [7, 11) is 0. The summed E-state index contributed by atoms with van der Waals surface area (Å²) >= 11 is 0. The molecule has 2 aromatic rings. The van der Waals surface area contributed by atoms with Gasteiger partial charge in [-0.25, -0.2) is 0 Å². The fourth-order valence-electron chi connectivity index (χ4n) is 4.24. The second-order valence-corrected chi connectivity index (χ2v) is 7.76. The number of imide groups is 1. The SMILES string of the molecule is NC(=O)[C@@H]1CCCN(C(=O)[C@H](Cc2ccccc2)N2C(=O)c3ccccc3C2=O)C1. The fraction of sp³-hybridized carbons (Fsp3) is 0.304. The summed E-state index contributed by atoms with van der Waals surface area (Å²) in [5, 5.41) is 0. The van der Waals surface area contributed by atoms with E-state index in [-0.39, 0.29) is 18.9 Å². The van der Waals surface area contributed by atoms with Crippen LogP contribution in [0.3, 0.4) is 0 Å². The molecule has 2 aliphatic rings. The molecule has 7 heteroatoms. The summed E-state index contributed by atoms with van der Waals surface area (Å²) in [5.41, 5.74) is 6.92. The largest absolute Gasteiger partial charge is 0.369 e. The van der Waals surface area contributed by atoms with E-state index in [4.69, 9.17) is 5.73 Å². The lowest BCUT2D eigenvalue weighted by Crippen LogP contribution is -2.55. The molecule has 2 N–H and O–H groups in total. The first-order valence-electron chi connectivity index (χ1n) is 10.1. The molecule has 30 heavy (non-hydrogen) atoms. The average Bonchev–Trinajstić information content (AvgIpc) is 3.03. The zero-order valence-electron chi connectivity index (χ0n) is 16.5. The van der Waals surface area contributed by atoms with Gasteiger partial charge in [-0.2, -0.15) is 0 Å². The molecule has 2 atom stereocenters. The summed E-state index contributed by atoms with van der Waals surface area (Å²) in [5.74, 6) is -2.11. The molecule has 7 nitrogen and oxygen atoms in total. The Balaban J connectivity index is 1.67. The second kappa shape index (κ2) is 8.10. The highest BCUT2D eigenvalue weighted by atomic mass is 16.2. The first kappa shape index (κ1) is 19.8. The van der Waals surface area contributed by atoms with E-state index in [1.165, 1.54) is 0 Å². The van der Waals surface area contributed by atoms with Crippen molar-refractivity contribution in [2.75, 3.05) is 13.1 Å². The molecule has 154 valence electrons. The number of primary amides is 1. The first-order chi connectivity index (χ1) is 14.5. The maximum atomic E-state index is 13.5. The number of likely N-dealkylation sites (tertiary alicyclic amines) is 1. The third-order valence-electron chi connectivity index (χ3n) is 5.83. The Labute approximate surface area is 174 Å². The van der Waals surface area contributed by atoms with E-state index in [9.17, 15) is 19.2 Å². The molecule has 0 radical (unpaired) electrons. The Bertz CT molecular complexity index is 970. The summed E-state index contributed by atoms with van der Waals surface area (Å²) in [6, 6.07) is 14.9. The van der Waals surface area contributed by atoms with Crippen LogP contribution in [-0.4, -0.2) is 52.6 Å². The fourth-order valence-corrected chi connectivity index (χ4v) is 4.24. The van der Waals surface area contributed by atoms with E-state index < -0.39 is 29.7 Å². The van der Waals surface area contributed by atoms with Crippen molar-refractivity contribution < 1.29 is 19.2 Å². The molecule has 4 rings (SSSR count). The molecular weight excluding hydrogens is 382 g/mol. The van der Waals surface area contributed by atoms with Gasteiger partial charge in [-0.05, 0) is 30.5 Å². The van der Waals surface area contributed by atoms with Gasteiger partial charge in [0.15, 0.2) is 0 Å². The standard InChI is InChI=1S/C23H23N3O4/c24-20(27)16-9-6-12-25(14-16)23(30)19(13-15-7-2-1-3-8-15)26-21(28)17-10-4-5-11-18(17)22(26)29/h1-5,7-8,10-11,16,19H,6,9,12-14H2,(H2,24,27)/t16-,19+/m1/s1. The number of hydrogen-bond donors (Lipinski definition) is 1. The number of fused-ring (bicyclic) bond motifs is 1. The van der Waals surface area contributed by atoms with Gasteiger partial charge in [-0.1, -0.05) is 42.5 Å². The number of amides is 4. The Morgan fingerprint density at radius 3 is 2.17 bits per heavy atom. The number of rotatable bonds is 5. The Morgan fingerprint density at radius 1 is 0.967 bits per heavy atom. The van der Waals surface area contributed by atoms with Gasteiger partial charge in [0, 0.05) is 19.5 Å². The van der Waals surface area contributed by atoms with E-state index >= 15 is 0 Å². The van der Waals surface area contributed by atoms with Crippen LogP contribution >= 0.6 is 0 Å². The van der Waals surface area contributed by atoms with Crippen molar-refractivity contribution >= 4 is 23.6 Å². The van der Waals surface area contributed by atoms with E-state index in [2.05, 4.69) is 0 Å². The van der Waals surface area contributed by atoms with Crippen LogP contribution in [0.1, 0.15) is 39.1 Å². The van der Waals surface area contributed by atoms with Gasteiger partial charge in [0.1, 0.15) is 6.04 Å². The Morgan fingerprint density at radius 2 is 1.57 bits per heavy atom. The molecular formula is C23H23N3O4. The lowest BCUT2D eigenvalue weighted by molar-refractivity contribution is -0.138. The summed E-state index contributed by atoms with van der Waals surface area (Å²) in [6.45, 7) is 0.680. The lowest BCUT2D eigenvalue weighted by Gasteiger charge is -2.36. The Hall–Kier alpha value is -3.48. The van der Waals surface area contributed by atoms with Crippen LogP contribution in [0.25, 0.3) is 0 Å². The summed E-state index contributed by atoms with van der Waals surface area (Å²) in [6.07, 6.45) is 1.50. The number of carbonyl (C=O) groups excluding carboxylic acids is 4. The van der Waals surface area contributed by atoms with Crippen molar-refractivity contribution in [2.45, 2.75) is 25.3 Å². The van der Waals surface area contributed by atoms with Crippen LogP contribution in [0.15, 0.2) is 54.6 Å². The molecule has 2 aromatic carbocycles. The molecule has 1 fully saturated rings. The highest BCUT2D eigenvalue weighted by Crippen LogP contribution is 2.28. The van der Waals surface area contributed by atoms with Crippen LogP contribution in [0.5, 0.6) is 0 Å². The van der Waals surface area contributed by atoms with Gasteiger partial charge in [0.05, 0.1) is 17.0 Å². The van der Waals surface area contributed by atoms with Crippen molar-refractivity contribution in [2.24, 2.45) is 11.7 Å². The zero-order chi connectivity index (χ0) is 21.3. The van der Waals surface area contributed by atoms with E-state index in [1.807, 2.05) is 30.3 Å². The van der Waals surface area contributed by atoms with Crippen molar-refractivity contribution in [1.82, 2.24) is 9.80 Å². The number of hydrogen-bond acceptors (Lipinski definition) is 4. The van der Waals surface area contributed by atoms with Crippen LogP contribution in [0.4, 0.5) is 0 Å². The van der Waals surface area contributed by atoms with Gasteiger partial charge in [-0.3, -0.25) is 24.1 Å². The van der Waals surface area contributed by atoms with Crippen LogP contribution in [0.2, 0.25) is 0 Å². The van der Waals surface area contributed by atoms with Crippen molar-refractivity contribution in [3.8, 4) is 0 Å². The van der Waals surface area contributed by atoms with Gasteiger partial charge in [0.2, 0.25) is 11.8 Å². The summed E-state index contributed by atoms with van der Waals surface area (Å²) < 4.78 is 0. The molecule has 2 heterocycles. The minimum Gasteiger partial charge on any atom is -0.369 e. The highest BCUT2D eigenvalue weighted by Gasteiger charge is 2.44. The highest BCUT2D eigenvalue weighted by molar-refractivity contribution is 6.22. The second-order valence-electron chi connectivity index (χ2n) is 7.76. The molecule has 0 unspecified atom stereocenters. The van der Waals surface area contributed by atoms with Gasteiger partial charge in [0.25, 0.3) is 11.8 Å². The lowest BCUT2D eigenvalue weighted by atomic mass is 9.95.